The van der Waals surface area contributed by atoms with Crippen molar-refractivity contribution in [3.63, 3.8) is 0 Å². The third-order valence-electron chi connectivity index (χ3n) is 5.51. The summed E-state index contributed by atoms with van der Waals surface area (Å²) in [6.07, 6.45) is 4.19. The van der Waals surface area contributed by atoms with Gasteiger partial charge < -0.3 is 16.2 Å². The van der Waals surface area contributed by atoms with Crippen molar-refractivity contribution >= 4 is 44.2 Å². The van der Waals surface area contributed by atoms with Gasteiger partial charge in [-0.25, -0.2) is 9.37 Å². The Bertz CT molecular complexity index is 1370. The number of nitrogen functional groups attached to an aromatic ring is 1. The molecule has 1 unspecified atom stereocenters. The van der Waals surface area contributed by atoms with Crippen LogP contribution in [0, 0.1) is 5.82 Å². The van der Waals surface area contributed by atoms with E-state index in [4.69, 9.17) is 10.7 Å². The van der Waals surface area contributed by atoms with Crippen molar-refractivity contribution < 1.29 is 14.3 Å². The second-order valence-electron chi connectivity index (χ2n) is 7.78. The first-order valence-electron chi connectivity index (χ1n) is 9.68. The maximum atomic E-state index is 13.7. The van der Waals surface area contributed by atoms with Gasteiger partial charge in [-0.15, -0.1) is 0 Å². The fraction of sp³-hybridized carbons (Fsp3) is 0.238. The molecule has 1 amide bonds. The quantitative estimate of drug-likeness (QED) is 0.409. The largest absolute Gasteiger partial charge is 0.383 e. The van der Waals surface area contributed by atoms with Gasteiger partial charge >= 0.3 is 0 Å². The average Bonchev–Trinajstić information content (AvgIpc) is 3.36. The highest BCUT2D eigenvalue weighted by Gasteiger charge is 2.48. The number of rotatable bonds is 4. The average molecular weight is 485 g/mol. The van der Waals surface area contributed by atoms with Crippen LogP contribution < -0.4 is 11.1 Å². The van der Waals surface area contributed by atoms with Crippen LogP contribution in [-0.4, -0.2) is 36.2 Å². The van der Waals surface area contributed by atoms with E-state index in [1.165, 1.54) is 16.6 Å². The summed E-state index contributed by atoms with van der Waals surface area (Å²) in [5, 5.41) is 17.8. The Morgan fingerprint density at radius 1 is 1.35 bits per heavy atom. The van der Waals surface area contributed by atoms with E-state index >= 15 is 0 Å². The van der Waals surface area contributed by atoms with Crippen LogP contribution in [-0.2, 0) is 4.79 Å². The molecule has 1 aliphatic rings. The number of nitrogens with one attached hydrogen (secondary N) is 1. The smallest absolute Gasteiger partial charge is 0.252 e. The molecule has 158 valence electrons. The van der Waals surface area contributed by atoms with Gasteiger partial charge in [0.1, 0.15) is 17.2 Å². The summed E-state index contributed by atoms with van der Waals surface area (Å²) >= 11 is 3.45. The summed E-state index contributed by atoms with van der Waals surface area (Å²) in [5.41, 5.74) is 8.01. The van der Waals surface area contributed by atoms with E-state index in [1.54, 1.807) is 25.4 Å². The molecule has 8 nitrogen and oxygen atoms in total. The van der Waals surface area contributed by atoms with Crippen LogP contribution in [0.25, 0.3) is 27.7 Å². The molecular weight excluding hydrogens is 467 g/mol. The third kappa shape index (κ3) is 3.31. The number of nitrogens with two attached hydrogens (primary N) is 1. The lowest BCUT2D eigenvalue weighted by Gasteiger charge is -2.18. The molecule has 4 N–H and O–H groups in total. The van der Waals surface area contributed by atoms with Crippen LogP contribution in [0.2, 0.25) is 0 Å². The normalized spacial score (nSPS) is 15.9. The molecule has 10 heteroatoms. The third-order valence-corrected chi connectivity index (χ3v) is 6.32. The van der Waals surface area contributed by atoms with Crippen LogP contribution in [0.5, 0.6) is 0 Å². The minimum Gasteiger partial charge on any atom is -0.383 e. The van der Waals surface area contributed by atoms with E-state index in [2.05, 4.69) is 31.3 Å². The number of aliphatic hydroxyl groups is 1. The predicted molar refractivity (Wildman–Crippen MR) is 117 cm³/mol. The van der Waals surface area contributed by atoms with Crippen LogP contribution in [0.4, 0.5) is 10.2 Å². The molecule has 1 fully saturated rings. The summed E-state index contributed by atoms with van der Waals surface area (Å²) in [5.74, 6) is -0.458. The standard InChI is InChI=1S/C21H18BrFN6O2/c1-10(27-20(30)21(31)4-5-21)17-16(22)18(24)29-19(28-17)14(9-26-29)12-6-11-7-13(23)2-3-15(11)25-8-12/h2-3,6-10,31H,4-5,24H2,1H3,(H,27,30). The van der Waals surface area contributed by atoms with Crippen molar-refractivity contribution in [3.05, 3.63) is 52.6 Å². The van der Waals surface area contributed by atoms with Gasteiger partial charge in [0, 0.05) is 22.7 Å². The molecule has 31 heavy (non-hydrogen) atoms. The first kappa shape index (κ1) is 19.8. The minimum absolute atomic E-state index is 0.317. The lowest BCUT2D eigenvalue weighted by atomic mass is 10.1. The number of halogens is 2. The number of carbonyl (C=O) groups excluding carboxylic acids is 1. The van der Waals surface area contributed by atoms with Gasteiger partial charge in [-0.1, -0.05) is 0 Å². The predicted octanol–water partition coefficient (Wildman–Crippen LogP) is 3.13. The second kappa shape index (κ2) is 6.96. The van der Waals surface area contributed by atoms with E-state index in [9.17, 15) is 14.3 Å². The molecule has 3 heterocycles. The number of hydrogen-bond acceptors (Lipinski definition) is 6. The summed E-state index contributed by atoms with van der Waals surface area (Å²) in [6.45, 7) is 1.77. The van der Waals surface area contributed by atoms with Crippen molar-refractivity contribution in [2.45, 2.75) is 31.4 Å². The van der Waals surface area contributed by atoms with Crippen LogP contribution in [0.3, 0.4) is 0 Å². The molecule has 0 aliphatic heterocycles. The molecule has 1 aliphatic carbocycles. The Labute approximate surface area is 184 Å². The van der Waals surface area contributed by atoms with Crippen LogP contribution in [0.1, 0.15) is 31.5 Å². The number of hydrogen-bond donors (Lipinski definition) is 3. The zero-order valence-corrected chi connectivity index (χ0v) is 18.0. The van der Waals surface area contributed by atoms with Crippen LogP contribution >= 0.6 is 15.9 Å². The molecule has 0 spiro atoms. The fourth-order valence-corrected chi connectivity index (χ4v) is 4.10. The topological polar surface area (TPSA) is 118 Å². The van der Waals surface area contributed by atoms with E-state index in [1.807, 2.05) is 6.07 Å². The number of anilines is 1. The second-order valence-corrected chi connectivity index (χ2v) is 8.57. The molecule has 4 aromatic rings. The Kier molecular flexibility index (Phi) is 4.45. The molecule has 1 saturated carbocycles. The zero-order chi connectivity index (χ0) is 21.9. The number of aromatic nitrogens is 4. The zero-order valence-electron chi connectivity index (χ0n) is 16.4. The summed E-state index contributed by atoms with van der Waals surface area (Å²) in [6, 6.07) is 5.71. The fourth-order valence-electron chi connectivity index (χ4n) is 3.50. The van der Waals surface area contributed by atoms with Gasteiger partial charge in [-0.3, -0.25) is 9.78 Å². The molecule has 3 aromatic heterocycles. The molecule has 1 atom stereocenters. The Hall–Kier alpha value is -3.11. The number of benzene rings is 1. The number of amides is 1. The summed E-state index contributed by atoms with van der Waals surface area (Å²) < 4.78 is 15.7. The first-order valence-corrected chi connectivity index (χ1v) is 10.5. The van der Waals surface area contributed by atoms with E-state index < -0.39 is 17.6 Å². The first-order chi connectivity index (χ1) is 14.8. The van der Waals surface area contributed by atoms with Gasteiger partial charge in [0.25, 0.3) is 5.91 Å². The van der Waals surface area contributed by atoms with Gasteiger partial charge in [-0.05, 0) is 60.0 Å². The molecule has 5 rings (SSSR count). The number of fused-ring (bicyclic) bond motifs is 2. The van der Waals surface area contributed by atoms with E-state index in [-0.39, 0.29) is 5.82 Å². The van der Waals surface area contributed by atoms with Crippen LogP contribution in [0.15, 0.2) is 41.1 Å². The molecule has 0 radical (unpaired) electrons. The van der Waals surface area contributed by atoms with Crippen molar-refractivity contribution in [1.29, 1.82) is 0 Å². The lowest BCUT2D eigenvalue weighted by molar-refractivity contribution is -0.132. The number of carbonyl (C=O) groups is 1. The van der Waals surface area contributed by atoms with Crippen molar-refractivity contribution in [2.75, 3.05) is 5.73 Å². The highest BCUT2D eigenvalue weighted by atomic mass is 79.9. The van der Waals surface area contributed by atoms with Crippen molar-refractivity contribution in [3.8, 4) is 11.1 Å². The lowest BCUT2D eigenvalue weighted by Crippen LogP contribution is -2.38. The van der Waals surface area contributed by atoms with E-state index in [0.717, 1.165) is 0 Å². The van der Waals surface area contributed by atoms with Gasteiger partial charge in [0.15, 0.2) is 5.65 Å². The Balaban J connectivity index is 1.60. The molecule has 1 aromatic carbocycles. The molecule has 0 bridgehead atoms. The van der Waals surface area contributed by atoms with Crippen molar-refractivity contribution in [1.82, 2.24) is 24.9 Å². The maximum absolute atomic E-state index is 13.7. The highest BCUT2D eigenvalue weighted by molar-refractivity contribution is 9.10. The molecule has 0 saturated heterocycles. The van der Waals surface area contributed by atoms with Gasteiger partial charge in [0.2, 0.25) is 0 Å². The number of pyridine rings is 1. The number of nitrogens with zero attached hydrogens (tertiary/aromatic N) is 4. The van der Waals surface area contributed by atoms with Gasteiger partial charge in [-0.2, -0.15) is 9.61 Å². The minimum atomic E-state index is -1.29. The summed E-state index contributed by atoms with van der Waals surface area (Å²) in [7, 11) is 0. The van der Waals surface area contributed by atoms with Crippen molar-refractivity contribution in [2.24, 2.45) is 0 Å². The monoisotopic (exact) mass is 484 g/mol. The Morgan fingerprint density at radius 2 is 2.13 bits per heavy atom. The SMILES string of the molecule is CC(NC(=O)C1(O)CC1)c1nc2c(-c3cnc4ccc(F)cc4c3)cnn2c(N)c1Br. The summed E-state index contributed by atoms with van der Waals surface area (Å²) in [4.78, 5) is 21.4. The highest BCUT2D eigenvalue weighted by Crippen LogP contribution is 2.37. The Morgan fingerprint density at radius 3 is 2.87 bits per heavy atom. The molecular formula is C21H18BrFN6O2. The van der Waals surface area contributed by atoms with Gasteiger partial charge in [0.05, 0.1) is 27.9 Å². The maximum Gasteiger partial charge on any atom is 0.252 e. The van der Waals surface area contributed by atoms with E-state index in [0.29, 0.717) is 56.5 Å².